The van der Waals surface area contributed by atoms with Crippen LogP contribution in [0.4, 0.5) is 5.69 Å². The molecule has 2 aromatic carbocycles. The number of hydrogen-bond acceptors (Lipinski definition) is 3. The molecule has 1 aliphatic carbocycles. The van der Waals surface area contributed by atoms with Crippen LogP contribution in [-0.4, -0.2) is 35.4 Å². The summed E-state index contributed by atoms with van der Waals surface area (Å²) >= 11 is 5.53. The molecule has 1 amide bonds. The fourth-order valence-corrected chi connectivity index (χ4v) is 5.42. The molecule has 0 unspecified atom stereocenters. The third kappa shape index (κ3) is 4.03. The monoisotopic (exact) mass is 458 g/mol. The Morgan fingerprint density at radius 2 is 1.86 bits per heavy atom. The molecule has 0 bridgehead atoms. The van der Waals surface area contributed by atoms with Gasteiger partial charge < -0.3 is 5.32 Å². The Labute approximate surface area is 180 Å². The van der Waals surface area contributed by atoms with Gasteiger partial charge in [-0.2, -0.15) is 11.8 Å². The number of nitrogens with zero attached hydrogens (tertiary/aromatic N) is 1. The highest BCUT2D eigenvalue weighted by molar-refractivity contribution is 9.10. The van der Waals surface area contributed by atoms with Gasteiger partial charge in [0, 0.05) is 41.3 Å². The minimum absolute atomic E-state index is 0.135. The molecule has 2 aromatic rings. The lowest BCUT2D eigenvalue weighted by Gasteiger charge is -2.41. The van der Waals surface area contributed by atoms with Crippen LogP contribution in [0, 0.1) is 6.92 Å². The third-order valence-corrected chi connectivity index (χ3v) is 7.70. The van der Waals surface area contributed by atoms with Gasteiger partial charge in [0.15, 0.2) is 0 Å². The fraction of sp³-hybridized carbons (Fsp3) is 0.435. The van der Waals surface area contributed by atoms with E-state index in [-0.39, 0.29) is 11.3 Å². The van der Waals surface area contributed by atoms with Crippen molar-refractivity contribution in [3.8, 4) is 0 Å². The zero-order valence-electron chi connectivity index (χ0n) is 16.3. The number of benzene rings is 2. The van der Waals surface area contributed by atoms with Crippen molar-refractivity contribution >= 4 is 39.3 Å². The number of thioether (sulfide) groups is 1. The number of halogens is 1. The van der Waals surface area contributed by atoms with Crippen LogP contribution < -0.4 is 5.32 Å². The summed E-state index contributed by atoms with van der Waals surface area (Å²) in [4.78, 5) is 15.8. The third-order valence-electron chi connectivity index (χ3n) is 6.23. The number of carbonyl (C=O) groups is 1. The van der Waals surface area contributed by atoms with Crippen LogP contribution in [0.3, 0.4) is 0 Å². The summed E-state index contributed by atoms with van der Waals surface area (Å²) in [5, 5.41) is 3.27. The SMILES string of the molecule is Cc1c(CN2CCSCC2)cccc1NC(=O)C1(c2ccc(Br)cc2)CCC1. The van der Waals surface area contributed by atoms with Gasteiger partial charge in [-0.25, -0.2) is 0 Å². The molecule has 148 valence electrons. The van der Waals surface area contributed by atoms with Crippen molar-refractivity contribution in [1.82, 2.24) is 4.90 Å². The minimum Gasteiger partial charge on any atom is -0.325 e. The maximum atomic E-state index is 13.3. The first kappa shape index (κ1) is 20.0. The van der Waals surface area contributed by atoms with Crippen molar-refractivity contribution in [2.24, 2.45) is 0 Å². The van der Waals surface area contributed by atoms with Crippen LogP contribution in [0.2, 0.25) is 0 Å². The molecule has 2 fully saturated rings. The lowest BCUT2D eigenvalue weighted by molar-refractivity contribution is -0.124. The summed E-state index contributed by atoms with van der Waals surface area (Å²) in [6.45, 7) is 5.39. The molecule has 0 atom stereocenters. The Balaban J connectivity index is 1.52. The second-order valence-corrected chi connectivity index (χ2v) is 10.0. The first-order valence-corrected chi connectivity index (χ1v) is 12.0. The first-order valence-electron chi connectivity index (χ1n) is 10.0. The van der Waals surface area contributed by atoms with Gasteiger partial charge in [0.05, 0.1) is 5.41 Å². The lowest BCUT2D eigenvalue weighted by atomic mass is 9.64. The van der Waals surface area contributed by atoms with Gasteiger partial charge in [0.1, 0.15) is 0 Å². The number of hydrogen-bond donors (Lipinski definition) is 1. The molecular formula is C23H27BrN2OS. The highest BCUT2D eigenvalue weighted by Crippen LogP contribution is 2.45. The van der Waals surface area contributed by atoms with Crippen molar-refractivity contribution in [2.75, 3.05) is 29.9 Å². The number of amides is 1. The van der Waals surface area contributed by atoms with E-state index < -0.39 is 0 Å². The summed E-state index contributed by atoms with van der Waals surface area (Å²) in [5.74, 6) is 2.56. The van der Waals surface area contributed by atoms with E-state index in [2.05, 4.69) is 57.3 Å². The van der Waals surface area contributed by atoms with Crippen molar-refractivity contribution in [3.05, 3.63) is 63.6 Å². The Bertz CT molecular complexity index is 842. The van der Waals surface area contributed by atoms with Crippen LogP contribution in [-0.2, 0) is 16.8 Å². The summed E-state index contributed by atoms with van der Waals surface area (Å²) in [5.41, 5.74) is 4.21. The molecule has 1 saturated carbocycles. The zero-order valence-corrected chi connectivity index (χ0v) is 18.7. The average Bonchev–Trinajstić information content (AvgIpc) is 2.66. The molecule has 28 heavy (non-hydrogen) atoms. The molecule has 1 aliphatic heterocycles. The summed E-state index contributed by atoms with van der Waals surface area (Å²) < 4.78 is 1.05. The van der Waals surface area contributed by atoms with Crippen LogP contribution >= 0.6 is 27.7 Å². The Morgan fingerprint density at radius 1 is 1.14 bits per heavy atom. The number of anilines is 1. The predicted octanol–water partition coefficient (Wildman–Crippen LogP) is 5.37. The smallest absolute Gasteiger partial charge is 0.235 e. The number of nitrogens with one attached hydrogen (secondary N) is 1. The molecule has 1 saturated heterocycles. The molecule has 0 aromatic heterocycles. The second-order valence-electron chi connectivity index (χ2n) is 7.87. The molecule has 2 aliphatic rings. The Morgan fingerprint density at radius 3 is 2.50 bits per heavy atom. The van der Waals surface area contributed by atoms with E-state index in [9.17, 15) is 4.79 Å². The number of rotatable bonds is 5. The van der Waals surface area contributed by atoms with Gasteiger partial charge in [-0.15, -0.1) is 0 Å². The fourth-order valence-electron chi connectivity index (χ4n) is 4.18. The summed E-state index contributed by atoms with van der Waals surface area (Å²) in [7, 11) is 0. The summed E-state index contributed by atoms with van der Waals surface area (Å²) in [6.07, 6.45) is 2.95. The largest absolute Gasteiger partial charge is 0.325 e. The van der Waals surface area contributed by atoms with Gasteiger partial charge in [0.25, 0.3) is 0 Å². The molecule has 0 radical (unpaired) electrons. The van der Waals surface area contributed by atoms with Crippen molar-refractivity contribution in [2.45, 2.75) is 38.1 Å². The molecule has 1 heterocycles. The van der Waals surface area contributed by atoms with Crippen LogP contribution in [0.1, 0.15) is 36.0 Å². The van der Waals surface area contributed by atoms with E-state index in [1.54, 1.807) is 0 Å². The predicted molar refractivity (Wildman–Crippen MR) is 122 cm³/mol. The average molecular weight is 459 g/mol. The number of carbonyl (C=O) groups excluding carboxylic acids is 1. The van der Waals surface area contributed by atoms with E-state index in [4.69, 9.17) is 0 Å². The van der Waals surface area contributed by atoms with Crippen molar-refractivity contribution in [3.63, 3.8) is 0 Å². The zero-order chi connectivity index (χ0) is 19.6. The van der Waals surface area contributed by atoms with Gasteiger partial charge in [0.2, 0.25) is 5.91 Å². The molecule has 1 N–H and O–H groups in total. The molecule has 0 spiro atoms. The van der Waals surface area contributed by atoms with Crippen LogP contribution in [0.5, 0.6) is 0 Å². The minimum atomic E-state index is -0.382. The maximum Gasteiger partial charge on any atom is 0.235 e. The standard InChI is InChI=1S/C23H27BrN2OS/c1-17-18(16-26-12-14-28-15-13-26)4-2-5-21(17)25-22(27)23(10-3-11-23)19-6-8-20(24)9-7-19/h2,4-9H,3,10-16H2,1H3,(H,25,27). The van der Waals surface area contributed by atoms with E-state index in [1.165, 1.54) is 22.6 Å². The molecule has 4 rings (SSSR count). The Kier molecular flexibility index (Phi) is 6.14. The van der Waals surface area contributed by atoms with E-state index in [0.717, 1.165) is 54.6 Å². The second kappa shape index (κ2) is 8.60. The van der Waals surface area contributed by atoms with Crippen molar-refractivity contribution < 1.29 is 4.79 Å². The highest BCUT2D eigenvalue weighted by atomic mass is 79.9. The topological polar surface area (TPSA) is 32.3 Å². The molecular weight excluding hydrogens is 432 g/mol. The lowest BCUT2D eigenvalue weighted by Crippen LogP contribution is -2.46. The Hall–Kier alpha value is -1.30. The maximum absolute atomic E-state index is 13.3. The van der Waals surface area contributed by atoms with Crippen LogP contribution in [0.15, 0.2) is 46.9 Å². The summed E-state index contributed by atoms with van der Waals surface area (Å²) in [6, 6.07) is 14.5. The van der Waals surface area contributed by atoms with Gasteiger partial charge in [-0.05, 0) is 54.7 Å². The van der Waals surface area contributed by atoms with Gasteiger partial charge in [-0.3, -0.25) is 9.69 Å². The van der Waals surface area contributed by atoms with Gasteiger partial charge in [-0.1, -0.05) is 46.6 Å². The van der Waals surface area contributed by atoms with Crippen LogP contribution in [0.25, 0.3) is 0 Å². The quantitative estimate of drug-likeness (QED) is 0.653. The first-order chi connectivity index (χ1) is 13.6. The van der Waals surface area contributed by atoms with E-state index in [0.29, 0.717) is 0 Å². The van der Waals surface area contributed by atoms with E-state index >= 15 is 0 Å². The highest BCUT2D eigenvalue weighted by Gasteiger charge is 2.45. The normalized spacial score (nSPS) is 19.1. The van der Waals surface area contributed by atoms with Gasteiger partial charge >= 0.3 is 0 Å². The van der Waals surface area contributed by atoms with E-state index in [1.807, 2.05) is 30.0 Å². The van der Waals surface area contributed by atoms with Crippen molar-refractivity contribution in [1.29, 1.82) is 0 Å². The molecule has 5 heteroatoms. The molecule has 3 nitrogen and oxygen atoms in total.